The van der Waals surface area contributed by atoms with Crippen molar-refractivity contribution >= 4 is 5.91 Å². The Bertz CT molecular complexity index is 831. The zero-order valence-corrected chi connectivity index (χ0v) is 16.4. The lowest BCUT2D eigenvalue weighted by Crippen LogP contribution is -2.44. The molecule has 4 rings (SSSR count). The highest BCUT2D eigenvalue weighted by Gasteiger charge is 2.33. The molecule has 0 aliphatic carbocycles. The van der Waals surface area contributed by atoms with Crippen molar-refractivity contribution in [3.8, 4) is 0 Å². The van der Waals surface area contributed by atoms with Crippen LogP contribution in [0.2, 0.25) is 0 Å². The minimum Gasteiger partial charge on any atom is -0.379 e. The van der Waals surface area contributed by atoms with Crippen molar-refractivity contribution in [2.75, 3.05) is 39.9 Å². The first kappa shape index (κ1) is 18.2. The van der Waals surface area contributed by atoms with Crippen LogP contribution in [0.5, 0.6) is 0 Å². The van der Waals surface area contributed by atoms with E-state index in [-0.39, 0.29) is 11.9 Å². The number of aryl methyl sites for hydroxylation is 2. The first-order valence-electron chi connectivity index (χ1n) is 9.67. The molecule has 2 fully saturated rings. The third kappa shape index (κ3) is 3.92. The smallest absolute Gasteiger partial charge is 0.253 e. The largest absolute Gasteiger partial charge is 0.379 e. The van der Waals surface area contributed by atoms with Crippen molar-refractivity contribution in [3.05, 3.63) is 52.8 Å². The molecule has 6 heteroatoms. The molecule has 0 saturated carbocycles. The Morgan fingerprint density at radius 1 is 1.19 bits per heavy atom. The van der Waals surface area contributed by atoms with Gasteiger partial charge >= 0.3 is 0 Å². The molecule has 1 amide bonds. The van der Waals surface area contributed by atoms with Gasteiger partial charge in [0.15, 0.2) is 0 Å². The Balaban J connectivity index is 1.53. The van der Waals surface area contributed by atoms with Gasteiger partial charge in [0.1, 0.15) is 0 Å². The number of benzene rings is 1. The van der Waals surface area contributed by atoms with Crippen LogP contribution in [0.3, 0.4) is 0 Å². The van der Waals surface area contributed by atoms with Crippen LogP contribution in [-0.2, 0) is 11.3 Å². The van der Waals surface area contributed by atoms with Crippen LogP contribution in [0.1, 0.15) is 27.3 Å². The van der Waals surface area contributed by atoms with E-state index in [0.29, 0.717) is 19.1 Å². The van der Waals surface area contributed by atoms with Crippen LogP contribution in [0, 0.1) is 19.8 Å². The molecule has 1 aromatic heterocycles. The third-order valence-corrected chi connectivity index (χ3v) is 5.64. The highest BCUT2D eigenvalue weighted by molar-refractivity contribution is 5.94. The lowest BCUT2D eigenvalue weighted by molar-refractivity contribution is 0.0433. The summed E-state index contributed by atoms with van der Waals surface area (Å²) >= 11 is 0. The number of fused-ring (bicyclic) bond motifs is 3. The number of amides is 1. The second-order valence-electron chi connectivity index (χ2n) is 7.99. The maximum absolute atomic E-state index is 13.2. The predicted octanol–water partition coefficient (Wildman–Crippen LogP) is 1.95. The van der Waals surface area contributed by atoms with Crippen LogP contribution in [0.15, 0.2) is 30.3 Å². The van der Waals surface area contributed by atoms with Gasteiger partial charge in [-0.15, -0.1) is 0 Å². The monoisotopic (exact) mass is 368 g/mol. The Hall–Kier alpha value is -2.18. The first-order chi connectivity index (χ1) is 13.0. The van der Waals surface area contributed by atoms with Crippen LogP contribution in [0.4, 0.5) is 0 Å². The fourth-order valence-electron chi connectivity index (χ4n) is 4.21. The van der Waals surface area contributed by atoms with Crippen molar-refractivity contribution in [2.24, 2.45) is 5.92 Å². The van der Waals surface area contributed by atoms with E-state index in [0.717, 1.165) is 48.8 Å². The van der Waals surface area contributed by atoms with Crippen LogP contribution >= 0.6 is 0 Å². The summed E-state index contributed by atoms with van der Waals surface area (Å²) in [6.45, 7) is 8.67. The Labute approximate surface area is 160 Å². The number of ether oxygens (including phenoxy) is 1. The molecular weight excluding hydrogens is 340 g/mol. The average molecular weight is 368 g/mol. The second kappa shape index (κ2) is 7.44. The van der Waals surface area contributed by atoms with E-state index in [9.17, 15) is 4.79 Å². The predicted molar refractivity (Wildman–Crippen MR) is 104 cm³/mol. The molecule has 0 unspecified atom stereocenters. The molecule has 0 spiro atoms. The molecule has 2 bridgehead atoms. The van der Waals surface area contributed by atoms with Gasteiger partial charge in [0.05, 0.1) is 31.5 Å². The van der Waals surface area contributed by atoms with Gasteiger partial charge in [-0.25, -0.2) is 0 Å². The molecule has 144 valence electrons. The number of carbonyl (C=O) groups is 1. The summed E-state index contributed by atoms with van der Waals surface area (Å²) in [5.41, 5.74) is 4.01. The van der Waals surface area contributed by atoms with E-state index in [1.54, 1.807) is 0 Å². The van der Waals surface area contributed by atoms with Gasteiger partial charge in [-0.3, -0.25) is 14.4 Å². The summed E-state index contributed by atoms with van der Waals surface area (Å²) in [5, 5.41) is 4.53. The van der Waals surface area contributed by atoms with Gasteiger partial charge in [-0.2, -0.15) is 5.10 Å². The fraction of sp³-hybridized carbons (Fsp3) is 0.524. The molecule has 2 aromatic rings. The number of rotatable bonds is 3. The van der Waals surface area contributed by atoms with E-state index >= 15 is 0 Å². The quantitative estimate of drug-likeness (QED) is 0.831. The van der Waals surface area contributed by atoms with Gasteiger partial charge in [0.25, 0.3) is 5.91 Å². The number of likely N-dealkylation sites (N-methyl/N-ethyl adjacent to an activating group) is 1. The molecule has 2 aliphatic heterocycles. The molecule has 2 aliphatic rings. The Kier molecular flexibility index (Phi) is 5.02. The van der Waals surface area contributed by atoms with Crippen molar-refractivity contribution in [1.82, 2.24) is 19.6 Å². The topological polar surface area (TPSA) is 50.6 Å². The van der Waals surface area contributed by atoms with E-state index in [1.165, 1.54) is 0 Å². The molecule has 0 radical (unpaired) electrons. The number of hydrogen-bond acceptors (Lipinski definition) is 4. The second-order valence-corrected chi connectivity index (χ2v) is 7.99. The number of aromatic nitrogens is 2. The number of nitrogens with zero attached hydrogens (tertiary/aromatic N) is 4. The summed E-state index contributed by atoms with van der Waals surface area (Å²) in [6, 6.07) is 10.3. The zero-order valence-electron chi connectivity index (χ0n) is 16.4. The molecule has 2 saturated heterocycles. The van der Waals surface area contributed by atoms with Crippen LogP contribution < -0.4 is 0 Å². The molecule has 3 heterocycles. The minimum absolute atomic E-state index is 0.123. The molecular formula is C21H28N4O2. The van der Waals surface area contributed by atoms with Gasteiger partial charge in [-0.1, -0.05) is 12.1 Å². The van der Waals surface area contributed by atoms with E-state index in [2.05, 4.69) is 36.1 Å². The molecule has 6 nitrogen and oxygen atoms in total. The van der Waals surface area contributed by atoms with E-state index in [4.69, 9.17) is 4.74 Å². The minimum atomic E-state index is 0.123. The maximum atomic E-state index is 13.2. The zero-order chi connectivity index (χ0) is 19.0. The summed E-state index contributed by atoms with van der Waals surface area (Å²) < 4.78 is 7.76. The lowest BCUT2D eigenvalue weighted by atomic mass is 10.1. The summed E-state index contributed by atoms with van der Waals surface area (Å²) in [4.78, 5) is 17.6. The van der Waals surface area contributed by atoms with Crippen molar-refractivity contribution < 1.29 is 9.53 Å². The SMILES string of the molecule is Cc1cc(C)n(Cc2cccc(C(=O)N3C[C@@H]4COC[C@H](C3)N(C)C4)c2)n1. The van der Waals surface area contributed by atoms with Crippen LogP contribution in [-0.4, -0.2) is 71.4 Å². The van der Waals surface area contributed by atoms with Gasteiger partial charge in [-0.05, 0) is 44.7 Å². The van der Waals surface area contributed by atoms with Gasteiger partial charge < -0.3 is 9.64 Å². The number of carbonyl (C=O) groups excluding carboxylic acids is 1. The third-order valence-electron chi connectivity index (χ3n) is 5.64. The lowest BCUT2D eigenvalue weighted by Gasteiger charge is -2.30. The summed E-state index contributed by atoms with van der Waals surface area (Å²) in [7, 11) is 2.13. The molecule has 0 N–H and O–H groups in total. The summed E-state index contributed by atoms with van der Waals surface area (Å²) in [5.74, 6) is 0.502. The van der Waals surface area contributed by atoms with Crippen molar-refractivity contribution in [2.45, 2.75) is 26.4 Å². The molecule has 2 atom stereocenters. The van der Waals surface area contributed by atoms with Gasteiger partial charge in [0, 0.05) is 36.8 Å². The van der Waals surface area contributed by atoms with Crippen molar-refractivity contribution in [1.29, 1.82) is 0 Å². The number of hydrogen-bond donors (Lipinski definition) is 0. The Morgan fingerprint density at radius 2 is 2.04 bits per heavy atom. The average Bonchev–Trinajstić information content (AvgIpc) is 2.77. The highest BCUT2D eigenvalue weighted by Crippen LogP contribution is 2.20. The first-order valence-corrected chi connectivity index (χ1v) is 9.67. The fourth-order valence-corrected chi connectivity index (χ4v) is 4.21. The van der Waals surface area contributed by atoms with E-state index in [1.807, 2.05) is 34.7 Å². The highest BCUT2D eigenvalue weighted by atomic mass is 16.5. The standard InChI is InChI=1S/C21H28N4O2/c1-15-7-16(2)25(22-15)11-17-5-4-6-19(8-17)21(26)24-10-18-9-23(3)20(12-24)14-27-13-18/h4-8,18,20H,9-14H2,1-3H3/t18-,20+/m1/s1. The van der Waals surface area contributed by atoms with E-state index < -0.39 is 0 Å². The normalized spacial score (nSPS) is 23.3. The maximum Gasteiger partial charge on any atom is 0.253 e. The van der Waals surface area contributed by atoms with Crippen LogP contribution in [0.25, 0.3) is 0 Å². The molecule has 1 aromatic carbocycles. The Morgan fingerprint density at radius 3 is 2.81 bits per heavy atom. The molecule has 27 heavy (non-hydrogen) atoms. The summed E-state index contributed by atoms with van der Waals surface area (Å²) in [6.07, 6.45) is 0. The van der Waals surface area contributed by atoms with Crippen molar-refractivity contribution in [3.63, 3.8) is 0 Å². The van der Waals surface area contributed by atoms with Gasteiger partial charge in [0.2, 0.25) is 0 Å².